The first kappa shape index (κ1) is 6.48. The van der Waals surface area contributed by atoms with E-state index < -0.39 is 0 Å². The zero-order valence-corrected chi connectivity index (χ0v) is 4.83. The fourth-order valence-electron chi connectivity index (χ4n) is 0.390. The fraction of sp³-hybridized carbons (Fsp3) is 0.429. The first-order valence-electron chi connectivity index (χ1n) is 2.52. The summed E-state index contributed by atoms with van der Waals surface area (Å²) in [6, 6.07) is 0. The van der Waals surface area contributed by atoms with Crippen molar-refractivity contribution in [3.8, 4) is 0 Å². The van der Waals surface area contributed by atoms with Crippen LogP contribution < -0.4 is 0 Å². The maximum atomic E-state index is 3.69. The van der Waals surface area contributed by atoms with Crippen molar-refractivity contribution in [1.82, 2.24) is 0 Å². The van der Waals surface area contributed by atoms with Gasteiger partial charge in [-0.3, -0.25) is 0 Å². The predicted octanol–water partition coefficient (Wildman–Crippen LogP) is 2.33. The molecule has 0 amide bonds. The fourth-order valence-corrected chi connectivity index (χ4v) is 0.390. The Labute approximate surface area is 45.5 Å². The SMILES string of the molecule is C=[C]C(=C)CCC. The minimum absolute atomic E-state index is 1.02. The Hall–Kier alpha value is -0.520. The van der Waals surface area contributed by atoms with Crippen molar-refractivity contribution in [1.29, 1.82) is 0 Å². The first-order valence-corrected chi connectivity index (χ1v) is 2.52. The van der Waals surface area contributed by atoms with Gasteiger partial charge in [-0.2, -0.15) is 0 Å². The molecule has 0 bridgehead atoms. The highest BCUT2D eigenvalue weighted by atomic mass is 13.9. The second-order valence-corrected chi connectivity index (χ2v) is 1.53. The van der Waals surface area contributed by atoms with Crippen LogP contribution in [0.1, 0.15) is 19.8 Å². The standard InChI is InChI=1S/C7H11/c1-4-6-7(3)5-2/h2-4,6H2,1H3. The van der Waals surface area contributed by atoms with Crippen LogP contribution >= 0.6 is 0 Å². The van der Waals surface area contributed by atoms with Crippen molar-refractivity contribution in [3.63, 3.8) is 0 Å². The molecule has 1 radical (unpaired) electrons. The highest BCUT2D eigenvalue weighted by Gasteiger charge is 1.80. The van der Waals surface area contributed by atoms with Crippen molar-refractivity contribution in [2.24, 2.45) is 0 Å². The second kappa shape index (κ2) is 3.66. The highest BCUT2D eigenvalue weighted by molar-refractivity contribution is 5.02. The van der Waals surface area contributed by atoms with Crippen molar-refractivity contribution in [2.75, 3.05) is 0 Å². The van der Waals surface area contributed by atoms with Crippen molar-refractivity contribution in [3.05, 3.63) is 24.8 Å². The third-order valence-electron chi connectivity index (χ3n) is 0.802. The van der Waals surface area contributed by atoms with Gasteiger partial charge in [0.15, 0.2) is 0 Å². The van der Waals surface area contributed by atoms with Gasteiger partial charge in [-0.25, -0.2) is 0 Å². The molecule has 0 nitrogen and oxygen atoms in total. The van der Waals surface area contributed by atoms with E-state index in [9.17, 15) is 0 Å². The zero-order valence-electron chi connectivity index (χ0n) is 4.83. The van der Waals surface area contributed by atoms with Gasteiger partial charge in [0.05, 0.1) is 0 Å². The molecule has 0 spiro atoms. The van der Waals surface area contributed by atoms with E-state index in [2.05, 4.69) is 26.2 Å². The lowest BCUT2D eigenvalue weighted by molar-refractivity contribution is 0.926. The van der Waals surface area contributed by atoms with Gasteiger partial charge in [-0.05, 0) is 18.1 Å². The molecule has 0 aromatic heterocycles. The van der Waals surface area contributed by atoms with Crippen LogP contribution in [0.25, 0.3) is 0 Å². The molecule has 0 unspecified atom stereocenters. The van der Waals surface area contributed by atoms with Gasteiger partial charge in [0, 0.05) is 0 Å². The summed E-state index contributed by atoms with van der Waals surface area (Å²) in [4.78, 5) is 0. The van der Waals surface area contributed by atoms with E-state index in [4.69, 9.17) is 0 Å². The smallest absolute Gasteiger partial charge is 0.0233 e. The Morgan fingerprint density at radius 3 is 2.43 bits per heavy atom. The van der Waals surface area contributed by atoms with Gasteiger partial charge < -0.3 is 0 Å². The lowest BCUT2D eigenvalue weighted by Crippen LogP contribution is -1.70. The van der Waals surface area contributed by atoms with Gasteiger partial charge in [0.25, 0.3) is 0 Å². The summed E-state index contributed by atoms with van der Waals surface area (Å²) in [5.41, 5.74) is 1.02. The molecule has 0 aliphatic rings. The molecule has 0 aliphatic carbocycles. The molecule has 0 aromatic carbocycles. The number of hydrogen-bond acceptors (Lipinski definition) is 0. The molecule has 0 fully saturated rings. The predicted molar refractivity (Wildman–Crippen MR) is 32.9 cm³/mol. The summed E-state index contributed by atoms with van der Waals surface area (Å²) in [6.07, 6.45) is 4.89. The summed E-state index contributed by atoms with van der Waals surface area (Å²) in [5, 5.41) is 0. The van der Waals surface area contributed by atoms with E-state index in [-0.39, 0.29) is 0 Å². The maximum absolute atomic E-state index is 3.69. The summed E-state index contributed by atoms with van der Waals surface area (Å²) in [7, 11) is 0. The first-order chi connectivity index (χ1) is 3.31. The molecular formula is C7H11. The van der Waals surface area contributed by atoms with Gasteiger partial charge >= 0.3 is 0 Å². The Morgan fingerprint density at radius 1 is 1.71 bits per heavy atom. The molecule has 0 saturated carbocycles. The van der Waals surface area contributed by atoms with Crippen molar-refractivity contribution in [2.45, 2.75) is 19.8 Å². The second-order valence-electron chi connectivity index (χ2n) is 1.53. The van der Waals surface area contributed by atoms with Crippen LogP contribution in [0.15, 0.2) is 18.7 Å². The largest absolute Gasteiger partial charge is 0.0952 e. The molecule has 0 aromatic rings. The van der Waals surface area contributed by atoms with E-state index in [1.54, 1.807) is 0 Å². The quantitative estimate of drug-likeness (QED) is 0.472. The molecule has 0 aliphatic heterocycles. The molecule has 0 heterocycles. The number of hydrogen-bond donors (Lipinski definition) is 0. The Morgan fingerprint density at radius 2 is 2.29 bits per heavy atom. The van der Waals surface area contributed by atoms with Crippen LogP contribution in [0.4, 0.5) is 0 Å². The van der Waals surface area contributed by atoms with Crippen LogP contribution in [-0.4, -0.2) is 0 Å². The summed E-state index contributed by atoms with van der Waals surface area (Å²) < 4.78 is 0. The number of rotatable bonds is 3. The summed E-state index contributed by atoms with van der Waals surface area (Å²) in [5.74, 6) is 0. The number of allylic oxidation sites excluding steroid dienone is 2. The van der Waals surface area contributed by atoms with E-state index >= 15 is 0 Å². The molecular weight excluding hydrogens is 84.1 g/mol. The minimum atomic E-state index is 1.02. The average Bonchev–Trinajstić information content (AvgIpc) is 1.68. The van der Waals surface area contributed by atoms with Crippen LogP contribution in [0, 0.1) is 6.08 Å². The molecule has 0 N–H and O–H groups in total. The van der Waals surface area contributed by atoms with E-state index in [0.29, 0.717) is 0 Å². The Balaban J connectivity index is 3.17. The Kier molecular flexibility index (Phi) is 3.39. The maximum Gasteiger partial charge on any atom is -0.0233 e. The average molecular weight is 95.2 g/mol. The lowest BCUT2D eigenvalue weighted by atomic mass is 10.2. The van der Waals surface area contributed by atoms with Gasteiger partial charge in [-0.1, -0.05) is 26.5 Å². The van der Waals surface area contributed by atoms with Crippen LogP contribution in [-0.2, 0) is 0 Å². The van der Waals surface area contributed by atoms with E-state index in [1.165, 1.54) is 0 Å². The molecule has 0 rings (SSSR count). The third kappa shape index (κ3) is 3.31. The lowest BCUT2D eigenvalue weighted by Gasteiger charge is -1.88. The molecule has 0 atom stereocenters. The topological polar surface area (TPSA) is 0 Å². The molecule has 0 heteroatoms. The van der Waals surface area contributed by atoms with Crippen molar-refractivity contribution < 1.29 is 0 Å². The van der Waals surface area contributed by atoms with Crippen LogP contribution in [0.2, 0.25) is 0 Å². The van der Waals surface area contributed by atoms with Crippen LogP contribution in [0.5, 0.6) is 0 Å². The van der Waals surface area contributed by atoms with E-state index in [0.717, 1.165) is 18.4 Å². The van der Waals surface area contributed by atoms with Gasteiger partial charge in [-0.15, -0.1) is 0 Å². The van der Waals surface area contributed by atoms with Crippen molar-refractivity contribution >= 4 is 0 Å². The third-order valence-corrected chi connectivity index (χ3v) is 0.802. The monoisotopic (exact) mass is 95.1 g/mol. The normalized spacial score (nSPS) is 8.14. The molecule has 39 valence electrons. The van der Waals surface area contributed by atoms with E-state index in [1.807, 2.05) is 0 Å². The van der Waals surface area contributed by atoms with Crippen LogP contribution in [0.3, 0.4) is 0 Å². The van der Waals surface area contributed by atoms with Gasteiger partial charge in [0.2, 0.25) is 0 Å². The zero-order chi connectivity index (χ0) is 5.70. The minimum Gasteiger partial charge on any atom is -0.0952 e. The molecule has 0 saturated heterocycles. The van der Waals surface area contributed by atoms with Gasteiger partial charge in [0.1, 0.15) is 0 Å². The molecule has 7 heavy (non-hydrogen) atoms. The summed E-state index contributed by atoms with van der Waals surface area (Å²) >= 11 is 0. The summed E-state index contributed by atoms with van der Waals surface area (Å²) in [6.45, 7) is 9.26. The highest BCUT2D eigenvalue weighted by Crippen LogP contribution is 1.99. The Bertz CT molecular complexity index is 70.1.